The maximum absolute atomic E-state index is 12.4. The number of hydrogen-bond acceptors (Lipinski definition) is 1. The van der Waals surface area contributed by atoms with E-state index in [1.807, 2.05) is 29.2 Å². The Morgan fingerprint density at radius 2 is 1.62 bits per heavy atom. The molecule has 0 unspecified atom stereocenters. The van der Waals surface area contributed by atoms with Crippen molar-refractivity contribution in [3.8, 4) is 0 Å². The second-order valence-corrected chi connectivity index (χ2v) is 7.20. The van der Waals surface area contributed by atoms with Crippen LogP contribution in [0, 0.1) is 0 Å². The fourth-order valence-electron chi connectivity index (χ4n) is 2.33. The van der Waals surface area contributed by atoms with Crippen molar-refractivity contribution in [1.82, 2.24) is 4.90 Å². The van der Waals surface area contributed by atoms with Gasteiger partial charge in [-0.25, -0.2) is 0 Å². The molecule has 0 saturated carbocycles. The summed E-state index contributed by atoms with van der Waals surface area (Å²) in [5.41, 5.74) is 2.17. The zero-order valence-electron chi connectivity index (χ0n) is 11.7. The number of rotatable bonds is 5. The van der Waals surface area contributed by atoms with Gasteiger partial charge in [0.2, 0.25) is 0 Å². The maximum atomic E-state index is 12.4. The third kappa shape index (κ3) is 3.63. The van der Waals surface area contributed by atoms with Crippen LogP contribution in [0.5, 0.6) is 0 Å². The van der Waals surface area contributed by atoms with Crippen LogP contribution in [0.1, 0.15) is 5.56 Å². The zero-order chi connectivity index (χ0) is 14.5. The Labute approximate surface area is 131 Å². The molecule has 1 aliphatic rings. The van der Waals surface area contributed by atoms with Gasteiger partial charge in [0.15, 0.2) is 0 Å². The summed E-state index contributed by atoms with van der Waals surface area (Å²) < 4.78 is 1.35. The van der Waals surface area contributed by atoms with Gasteiger partial charge >= 0.3 is 131 Å². The summed E-state index contributed by atoms with van der Waals surface area (Å²) in [5, 5.41) is 0.890. The van der Waals surface area contributed by atoms with Gasteiger partial charge in [-0.15, -0.1) is 0 Å². The summed E-state index contributed by atoms with van der Waals surface area (Å²) in [4.78, 5) is 14.3. The molecule has 3 heteroatoms. The van der Waals surface area contributed by atoms with E-state index in [1.54, 1.807) is 0 Å². The van der Waals surface area contributed by atoms with E-state index in [1.165, 1.54) is 10.0 Å². The summed E-state index contributed by atoms with van der Waals surface area (Å²) in [6.45, 7) is 1.45. The predicted octanol–water partition coefficient (Wildman–Crippen LogP) is 2.40. The first-order chi connectivity index (χ1) is 10.3. The van der Waals surface area contributed by atoms with Crippen molar-refractivity contribution in [3.05, 3.63) is 77.9 Å². The van der Waals surface area contributed by atoms with E-state index in [9.17, 15) is 4.79 Å². The molecule has 0 atom stereocenters. The minimum absolute atomic E-state index is 0.205. The molecule has 0 aromatic heterocycles. The van der Waals surface area contributed by atoms with Crippen LogP contribution in [0.3, 0.4) is 0 Å². The van der Waals surface area contributed by atoms with E-state index in [0.717, 1.165) is 17.4 Å². The van der Waals surface area contributed by atoms with Crippen molar-refractivity contribution in [2.24, 2.45) is 0 Å². The van der Waals surface area contributed by atoms with Gasteiger partial charge in [0.25, 0.3) is 0 Å². The van der Waals surface area contributed by atoms with E-state index in [2.05, 4.69) is 42.5 Å². The average molecular weight is 342 g/mol. The second-order valence-electron chi connectivity index (χ2n) is 5.00. The van der Waals surface area contributed by atoms with E-state index in [-0.39, 0.29) is 5.91 Å². The first-order valence-electron chi connectivity index (χ1n) is 7.03. The van der Waals surface area contributed by atoms with E-state index >= 15 is 0 Å². The van der Waals surface area contributed by atoms with Gasteiger partial charge in [0.1, 0.15) is 0 Å². The predicted molar refractivity (Wildman–Crippen MR) is 86.6 cm³/mol. The molecule has 2 aromatic rings. The van der Waals surface area contributed by atoms with Gasteiger partial charge in [0.05, 0.1) is 0 Å². The van der Waals surface area contributed by atoms with Crippen molar-refractivity contribution >= 4 is 25.3 Å². The van der Waals surface area contributed by atoms with E-state index in [4.69, 9.17) is 0 Å². The molecule has 0 spiro atoms. The molecule has 1 heterocycles. The van der Waals surface area contributed by atoms with Crippen LogP contribution in [-0.2, 0) is 11.3 Å². The molecule has 1 amide bonds. The molecule has 0 aliphatic carbocycles. The molecule has 106 valence electrons. The first kappa shape index (κ1) is 14.1. The molecule has 1 aliphatic heterocycles. The van der Waals surface area contributed by atoms with Crippen LogP contribution in [0.15, 0.2) is 72.3 Å². The van der Waals surface area contributed by atoms with Crippen LogP contribution in [0.25, 0.3) is 0 Å². The van der Waals surface area contributed by atoms with E-state index < -0.39 is 0 Å². The summed E-state index contributed by atoms with van der Waals surface area (Å²) in [6, 6.07) is 20.6. The molecule has 3 rings (SSSR count). The molecule has 2 aromatic carbocycles. The van der Waals surface area contributed by atoms with Crippen LogP contribution in [-0.4, -0.2) is 32.3 Å². The topological polar surface area (TPSA) is 20.3 Å². The number of amides is 1. The first-order valence-corrected chi connectivity index (χ1v) is 9.10. The molecule has 0 bridgehead atoms. The summed E-state index contributed by atoms with van der Waals surface area (Å²) in [6.07, 6.45) is 2.09. The van der Waals surface area contributed by atoms with Gasteiger partial charge in [-0.05, 0) is 0 Å². The average Bonchev–Trinajstić information content (AvgIpc) is 2.88. The molecule has 0 radical (unpaired) electrons. The Bertz CT molecular complexity index is 637. The van der Waals surface area contributed by atoms with Gasteiger partial charge < -0.3 is 0 Å². The van der Waals surface area contributed by atoms with Crippen LogP contribution >= 0.6 is 0 Å². The molecule has 2 nitrogen and oxygen atoms in total. The summed E-state index contributed by atoms with van der Waals surface area (Å²) >= 11 is 0.339. The summed E-state index contributed by atoms with van der Waals surface area (Å²) in [7, 11) is 0. The molecular weight excluding hydrogens is 325 g/mol. The third-order valence-corrected chi connectivity index (χ3v) is 5.70. The third-order valence-electron chi connectivity index (χ3n) is 3.47. The zero-order valence-corrected chi connectivity index (χ0v) is 13.4. The van der Waals surface area contributed by atoms with E-state index in [0.29, 0.717) is 21.5 Å². The van der Waals surface area contributed by atoms with Gasteiger partial charge in [-0.1, -0.05) is 0 Å². The second kappa shape index (κ2) is 6.75. The normalized spacial score (nSPS) is 14.4. The quantitative estimate of drug-likeness (QED) is 0.764. The molecule has 0 N–H and O–H groups in total. The Morgan fingerprint density at radius 3 is 2.33 bits per heavy atom. The summed E-state index contributed by atoms with van der Waals surface area (Å²) in [5.74, 6) is 0.205. The van der Waals surface area contributed by atoms with Gasteiger partial charge in [-0.3, -0.25) is 0 Å². The molecule has 0 fully saturated rings. The Hall–Kier alpha value is -1.83. The van der Waals surface area contributed by atoms with Crippen molar-refractivity contribution in [3.63, 3.8) is 0 Å². The van der Waals surface area contributed by atoms with Gasteiger partial charge in [-0.2, -0.15) is 0 Å². The standard InChI is InChI=1S/C18H17NOSe/c20-18-16(14-21-17-9-5-2-6-10-17)11-12-19(18)13-15-7-3-1-4-8-15/h1-11H,12-14H2. The van der Waals surface area contributed by atoms with Gasteiger partial charge in [0, 0.05) is 0 Å². The number of carbonyl (C=O) groups is 1. The molecule has 0 saturated heterocycles. The Kier molecular flexibility index (Phi) is 4.54. The van der Waals surface area contributed by atoms with Crippen molar-refractivity contribution in [2.75, 3.05) is 6.54 Å². The Balaban J connectivity index is 1.56. The Morgan fingerprint density at radius 1 is 0.952 bits per heavy atom. The molecule has 21 heavy (non-hydrogen) atoms. The number of nitrogens with zero attached hydrogens (tertiary/aromatic N) is 1. The fraction of sp³-hybridized carbons (Fsp3) is 0.167. The van der Waals surface area contributed by atoms with Crippen molar-refractivity contribution < 1.29 is 4.79 Å². The van der Waals surface area contributed by atoms with Crippen LogP contribution in [0.4, 0.5) is 0 Å². The number of carbonyl (C=O) groups excluding carboxylic acids is 1. The van der Waals surface area contributed by atoms with Crippen molar-refractivity contribution in [2.45, 2.75) is 11.9 Å². The SMILES string of the molecule is O=C1C(C[Se]c2ccccc2)=CCN1Cc1ccccc1. The minimum atomic E-state index is 0.205. The fourth-order valence-corrected chi connectivity index (χ4v) is 4.25. The van der Waals surface area contributed by atoms with Crippen LogP contribution < -0.4 is 4.46 Å². The number of hydrogen-bond donors (Lipinski definition) is 0. The monoisotopic (exact) mass is 343 g/mol. The van der Waals surface area contributed by atoms with Crippen LogP contribution in [0.2, 0.25) is 5.32 Å². The van der Waals surface area contributed by atoms with Crippen molar-refractivity contribution in [1.29, 1.82) is 0 Å². The molecular formula is C18H17NOSe. The number of benzene rings is 2.